The number of benzene rings is 2. The van der Waals surface area contributed by atoms with E-state index in [1.54, 1.807) is 12.1 Å². The SMILES string of the molecule is O=C(O)Cc1ccccc1Oc1cccc(F)c1[N+](=O)[O-]. The van der Waals surface area contributed by atoms with Crippen molar-refractivity contribution in [2.75, 3.05) is 0 Å². The number of nitro groups is 1. The van der Waals surface area contributed by atoms with Crippen LogP contribution in [-0.2, 0) is 11.2 Å². The number of nitrogens with zero attached hydrogens (tertiary/aromatic N) is 1. The fraction of sp³-hybridized carbons (Fsp3) is 0.0714. The Hall–Kier alpha value is -2.96. The van der Waals surface area contributed by atoms with Crippen molar-refractivity contribution in [3.63, 3.8) is 0 Å². The van der Waals surface area contributed by atoms with Gasteiger partial charge >= 0.3 is 11.7 Å². The number of aliphatic carboxylic acids is 1. The summed E-state index contributed by atoms with van der Waals surface area (Å²) in [7, 11) is 0. The number of rotatable bonds is 5. The molecule has 108 valence electrons. The van der Waals surface area contributed by atoms with Gasteiger partial charge in [0.2, 0.25) is 11.6 Å². The number of para-hydroxylation sites is 2. The van der Waals surface area contributed by atoms with Crippen LogP contribution in [0.4, 0.5) is 10.1 Å². The Morgan fingerprint density at radius 3 is 2.52 bits per heavy atom. The Morgan fingerprint density at radius 1 is 1.19 bits per heavy atom. The van der Waals surface area contributed by atoms with Gasteiger partial charge in [-0.2, -0.15) is 4.39 Å². The smallest absolute Gasteiger partial charge is 0.346 e. The molecule has 0 aliphatic heterocycles. The summed E-state index contributed by atoms with van der Waals surface area (Å²) < 4.78 is 18.8. The lowest BCUT2D eigenvalue weighted by Crippen LogP contribution is -2.03. The molecule has 0 aromatic heterocycles. The number of hydrogen-bond acceptors (Lipinski definition) is 4. The second-order valence-electron chi connectivity index (χ2n) is 4.12. The number of carboxylic acids is 1. The van der Waals surface area contributed by atoms with Gasteiger partial charge in [-0.25, -0.2) is 0 Å². The highest BCUT2D eigenvalue weighted by Crippen LogP contribution is 2.34. The molecule has 0 aliphatic carbocycles. The Labute approximate surface area is 118 Å². The van der Waals surface area contributed by atoms with Crippen LogP contribution in [0.1, 0.15) is 5.56 Å². The van der Waals surface area contributed by atoms with Gasteiger partial charge in [0.25, 0.3) is 0 Å². The molecule has 0 atom stereocenters. The molecule has 2 aromatic rings. The Balaban J connectivity index is 2.42. The molecule has 0 amide bonds. The van der Waals surface area contributed by atoms with Crippen molar-refractivity contribution in [3.8, 4) is 11.5 Å². The maximum atomic E-state index is 13.5. The lowest BCUT2D eigenvalue weighted by molar-refractivity contribution is -0.388. The van der Waals surface area contributed by atoms with E-state index in [0.717, 1.165) is 6.07 Å². The summed E-state index contributed by atoms with van der Waals surface area (Å²) in [5.41, 5.74) is -0.453. The normalized spacial score (nSPS) is 10.1. The highest BCUT2D eigenvalue weighted by atomic mass is 19.1. The lowest BCUT2D eigenvalue weighted by atomic mass is 10.1. The van der Waals surface area contributed by atoms with Gasteiger partial charge in [-0.15, -0.1) is 0 Å². The van der Waals surface area contributed by atoms with Gasteiger partial charge in [0, 0.05) is 5.56 Å². The van der Waals surface area contributed by atoms with Gasteiger partial charge in [0.15, 0.2) is 0 Å². The summed E-state index contributed by atoms with van der Waals surface area (Å²) in [5, 5.41) is 19.7. The first kappa shape index (κ1) is 14.4. The van der Waals surface area contributed by atoms with Crippen LogP contribution in [0.3, 0.4) is 0 Å². The maximum absolute atomic E-state index is 13.5. The molecule has 0 saturated heterocycles. The van der Waals surface area contributed by atoms with Gasteiger partial charge in [-0.1, -0.05) is 24.3 Å². The zero-order valence-corrected chi connectivity index (χ0v) is 10.7. The van der Waals surface area contributed by atoms with E-state index in [2.05, 4.69) is 0 Å². The van der Waals surface area contributed by atoms with Crippen molar-refractivity contribution >= 4 is 11.7 Å². The minimum absolute atomic E-state index is 0.133. The van der Waals surface area contributed by atoms with Crippen LogP contribution in [0.25, 0.3) is 0 Å². The second-order valence-corrected chi connectivity index (χ2v) is 4.12. The summed E-state index contributed by atoms with van der Waals surface area (Å²) in [6.45, 7) is 0. The van der Waals surface area contributed by atoms with Crippen molar-refractivity contribution in [1.82, 2.24) is 0 Å². The molecule has 1 N–H and O–H groups in total. The molecule has 0 aliphatic rings. The molecule has 0 bridgehead atoms. The fourth-order valence-electron chi connectivity index (χ4n) is 1.79. The molecule has 0 heterocycles. The number of carbonyl (C=O) groups is 1. The third-order valence-electron chi connectivity index (χ3n) is 2.67. The molecule has 0 unspecified atom stereocenters. The highest BCUT2D eigenvalue weighted by molar-refractivity contribution is 5.71. The Bertz CT molecular complexity index is 702. The van der Waals surface area contributed by atoms with E-state index in [9.17, 15) is 19.3 Å². The van der Waals surface area contributed by atoms with Gasteiger partial charge < -0.3 is 9.84 Å². The molecule has 2 rings (SSSR count). The number of hydrogen-bond donors (Lipinski definition) is 1. The maximum Gasteiger partial charge on any atom is 0.346 e. The fourth-order valence-corrected chi connectivity index (χ4v) is 1.79. The molecule has 7 heteroatoms. The van der Waals surface area contributed by atoms with Crippen molar-refractivity contribution in [2.45, 2.75) is 6.42 Å². The summed E-state index contributed by atoms with van der Waals surface area (Å²) in [5.74, 6) is -2.24. The lowest BCUT2D eigenvalue weighted by Gasteiger charge is -2.10. The quantitative estimate of drug-likeness (QED) is 0.675. The minimum atomic E-state index is -1.07. The van der Waals surface area contributed by atoms with Crippen molar-refractivity contribution in [2.24, 2.45) is 0 Å². The minimum Gasteiger partial charge on any atom is -0.481 e. The predicted molar refractivity (Wildman–Crippen MR) is 70.9 cm³/mol. The predicted octanol–water partition coefficient (Wildman–Crippen LogP) is 3.15. The zero-order valence-electron chi connectivity index (χ0n) is 10.7. The van der Waals surface area contributed by atoms with Crippen LogP contribution in [0.15, 0.2) is 42.5 Å². The van der Waals surface area contributed by atoms with Crippen LogP contribution in [-0.4, -0.2) is 16.0 Å². The summed E-state index contributed by atoms with van der Waals surface area (Å²) >= 11 is 0. The summed E-state index contributed by atoms with van der Waals surface area (Å²) in [6.07, 6.45) is -0.306. The molecule has 21 heavy (non-hydrogen) atoms. The van der Waals surface area contributed by atoms with E-state index in [4.69, 9.17) is 9.84 Å². The van der Waals surface area contributed by atoms with E-state index in [-0.39, 0.29) is 17.9 Å². The molecule has 6 nitrogen and oxygen atoms in total. The number of carboxylic acid groups (broad SMARTS) is 1. The van der Waals surface area contributed by atoms with Crippen LogP contribution in [0, 0.1) is 15.9 Å². The molecule has 0 spiro atoms. The van der Waals surface area contributed by atoms with Gasteiger partial charge in [0.05, 0.1) is 11.3 Å². The third-order valence-corrected chi connectivity index (χ3v) is 2.67. The highest BCUT2D eigenvalue weighted by Gasteiger charge is 2.22. The molecular weight excluding hydrogens is 281 g/mol. The van der Waals surface area contributed by atoms with E-state index in [1.165, 1.54) is 24.3 Å². The number of nitro benzene ring substituents is 1. The van der Waals surface area contributed by atoms with Crippen LogP contribution in [0.2, 0.25) is 0 Å². The van der Waals surface area contributed by atoms with E-state index >= 15 is 0 Å². The average molecular weight is 291 g/mol. The van der Waals surface area contributed by atoms with Crippen molar-refractivity contribution in [1.29, 1.82) is 0 Å². The monoisotopic (exact) mass is 291 g/mol. The Morgan fingerprint density at radius 2 is 1.86 bits per heavy atom. The standard InChI is InChI=1S/C14H10FNO5/c15-10-5-3-7-12(14(10)16(19)20)21-11-6-2-1-4-9(11)8-13(17)18/h1-7H,8H2,(H,17,18). The first-order valence-corrected chi connectivity index (χ1v) is 5.89. The third kappa shape index (κ3) is 3.33. The second kappa shape index (κ2) is 6.00. The molecule has 2 aromatic carbocycles. The van der Waals surface area contributed by atoms with E-state index in [0.29, 0.717) is 5.56 Å². The van der Waals surface area contributed by atoms with Crippen LogP contribution in [0.5, 0.6) is 11.5 Å². The van der Waals surface area contributed by atoms with E-state index < -0.39 is 22.4 Å². The summed E-state index contributed by atoms with van der Waals surface area (Å²) in [6, 6.07) is 9.67. The Kier molecular flexibility index (Phi) is 4.13. The van der Waals surface area contributed by atoms with Crippen molar-refractivity contribution in [3.05, 3.63) is 64.0 Å². The number of halogens is 1. The average Bonchev–Trinajstić information content (AvgIpc) is 2.40. The van der Waals surface area contributed by atoms with Gasteiger partial charge in [0.1, 0.15) is 5.75 Å². The van der Waals surface area contributed by atoms with Gasteiger partial charge in [-0.05, 0) is 18.2 Å². The molecule has 0 saturated carbocycles. The largest absolute Gasteiger partial charge is 0.481 e. The first-order valence-electron chi connectivity index (χ1n) is 5.89. The molecular formula is C14H10FNO5. The molecule has 0 fully saturated rings. The van der Waals surface area contributed by atoms with Gasteiger partial charge in [-0.3, -0.25) is 14.9 Å². The van der Waals surface area contributed by atoms with E-state index in [1.807, 2.05) is 0 Å². The van der Waals surface area contributed by atoms with Crippen LogP contribution < -0.4 is 4.74 Å². The molecule has 0 radical (unpaired) electrons. The first-order chi connectivity index (χ1) is 9.99. The van der Waals surface area contributed by atoms with Crippen molar-refractivity contribution < 1.29 is 24.0 Å². The van der Waals surface area contributed by atoms with Crippen LogP contribution >= 0.6 is 0 Å². The number of ether oxygens (including phenoxy) is 1. The topological polar surface area (TPSA) is 89.7 Å². The summed E-state index contributed by atoms with van der Waals surface area (Å²) in [4.78, 5) is 20.8. The zero-order chi connectivity index (χ0) is 15.4.